The molecule has 0 bridgehead atoms. The molecule has 4 aromatic rings. The average Bonchev–Trinajstić information content (AvgIpc) is 3.54. The van der Waals surface area contributed by atoms with E-state index in [0.717, 1.165) is 23.2 Å². The summed E-state index contributed by atoms with van der Waals surface area (Å²) < 4.78 is 7.17. The average molecular weight is 500 g/mol. The lowest BCUT2D eigenvalue weighted by molar-refractivity contribution is -0.402. The van der Waals surface area contributed by atoms with Crippen molar-refractivity contribution in [2.24, 2.45) is 0 Å². The first kappa shape index (κ1) is 22.3. The number of allylic oxidation sites excluding steroid dienone is 2. The highest BCUT2D eigenvalue weighted by Crippen LogP contribution is 2.44. The van der Waals surface area contributed by atoms with Crippen LogP contribution in [-0.2, 0) is 4.79 Å². The van der Waals surface area contributed by atoms with E-state index in [4.69, 9.17) is 14.5 Å². The zero-order valence-electron chi connectivity index (χ0n) is 19.0. The summed E-state index contributed by atoms with van der Waals surface area (Å²) in [6.07, 6.45) is 1.83. The largest absolute Gasteiger partial charge is 0.433 e. The van der Waals surface area contributed by atoms with Gasteiger partial charge in [-0.05, 0) is 30.0 Å². The number of anilines is 1. The van der Waals surface area contributed by atoms with Gasteiger partial charge in [-0.3, -0.25) is 14.9 Å². The SMILES string of the molecule is O=C1CCCC2=C1C(c1ccc([N+](=O)[O-])o1)n1nc(SC(c3ccccc3)c3ccccc3)nc1N2. The van der Waals surface area contributed by atoms with Gasteiger partial charge in [-0.1, -0.05) is 72.4 Å². The molecule has 1 atom stereocenters. The lowest BCUT2D eigenvalue weighted by Gasteiger charge is -2.30. The number of thioether (sulfide) groups is 1. The number of hydrogen-bond donors (Lipinski definition) is 1. The van der Waals surface area contributed by atoms with Crippen molar-refractivity contribution in [1.82, 2.24) is 14.8 Å². The summed E-state index contributed by atoms with van der Waals surface area (Å²) in [6.45, 7) is 0. The molecule has 6 rings (SSSR count). The quantitative estimate of drug-likeness (QED) is 0.205. The molecule has 1 unspecified atom stereocenters. The number of carbonyl (C=O) groups excluding carboxylic acids is 1. The van der Waals surface area contributed by atoms with Crippen LogP contribution >= 0.6 is 11.8 Å². The Kier molecular flexibility index (Phi) is 5.65. The normalized spacial score (nSPS) is 17.0. The fourth-order valence-corrected chi connectivity index (χ4v) is 5.80. The number of ketones is 1. The van der Waals surface area contributed by atoms with Crippen molar-refractivity contribution < 1.29 is 14.1 Å². The van der Waals surface area contributed by atoms with Crippen LogP contribution in [0.5, 0.6) is 0 Å². The van der Waals surface area contributed by atoms with Crippen LogP contribution in [0.4, 0.5) is 11.8 Å². The number of fused-ring (bicyclic) bond motifs is 1. The van der Waals surface area contributed by atoms with Crippen molar-refractivity contribution >= 4 is 29.4 Å². The first-order valence-corrected chi connectivity index (χ1v) is 12.5. The molecular weight excluding hydrogens is 478 g/mol. The summed E-state index contributed by atoms with van der Waals surface area (Å²) in [7, 11) is 0. The molecule has 9 nitrogen and oxygen atoms in total. The Bertz CT molecular complexity index is 1440. The lowest BCUT2D eigenvalue weighted by atomic mass is 9.88. The molecule has 0 fully saturated rings. The monoisotopic (exact) mass is 499 g/mol. The Morgan fingerprint density at radius 1 is 1.03 bits per heavy atom. The molecule has 2 aromatic carbocycles. The molecule has 2 aliphatic rings. The van der Waals surface area contributed by atoms with E-state index in [-0.39, 0.29) is 22.7 Å². The molecule has 1 N–H and O–H groups in total. The van der Waals surface area contributed by atoms with E-state index in [1.807, 2.05) is 36.4 Å². The van der Waals surface area contributed by atoms with Crippen molar-refractivity contribution in [2.75, 3.05) is 5.32 Å². The number of nitrogens with one attached hydrogen (secondary N) is 1. The maximum absolute atomic E-state index is 13.0. The van der Waals surface area contributed by atoms with Crippen molar-refractivity contribution in [3.8, 4) is 0 Å². The van der Waals surface area contributed by atoms with E-state index in [0.29, 0.717) is 29.5 Å². The third-order valence-corrected chi connectivity index (χ3v) is 7.50. The zero-order chi connectivity index (χ0) is 24.6. The molecule has 0 saturated heterocycles. The van der Waals surface area contributed by atoms with Gasteiger partial charge in [0.2, 0.25) is 11.1 Å². The van der Waals surface area contributed by atoms with Gasteiger partial charge in [0.15, 0.2) is 5.78 Å². The Hall–Kier alpha value is -4.18. The highest BCUT2D eigenvalue weighted by Gasteiger charge is 2.39. The highest BCUT2D eigenvalue weighted by molar-refractivity contribution is 7.99. The smallest absolute Gasteiger partial charge is 0.403 e. The van der Waals surface area contributed by atoms with Crippen LogP contribution in [-0.4, -0.2) is 25.5 Å². The second-order valence-corrected chi connectivity index (χ2v) is 9.68. The van der Waals surface area contributed by atoms with Gasteiger partial charge >= 0.3 is 5.88 Å². The van der Waals surface area contributed by atoms with E-state index in [1.165, 1.54) is 23.9 Å². The molecule has 1 aliphatic carbocycles. The van der Waals surface area contributed by atoms with Crippen LogP contribution in [0.3, 0.4) is 0 Å². The van der Waals surface area contributed by atoms with Gasteiger partial charge in [0.1, 0.15) is 16.7 Å². The van der Waals surface area contributed by atoms with Gasteiger partial charge in [0.05, 0.1) is 11.3 Å². The highest BCUT2D eigenvalue weighted by atomic mass is 32.2. The Morgan fingerprint density at radius 2 is 1.72 bits per heavy atom. The van der Waals surface area contributed by atoms with E-state index >= 15 is 0 Å². The molecule has 0 saturated carbocycles. The lowest BCUT2D eigenvalue weighted by Crippen LogP contribution is -2.31. The Morgan fingerprint density at radius 3 is 2.36 bits per heavy atom. The van der Waals surface area contributed by atoms with Gasteiger partial charge < -0.3 is 9.73 Å². The predicted molar refractivity (Wildman–Crippen MR) is 134 cm³/mol. The van der Waals surface area contributed by atoms with Crippen LogP contribution < -0.4 is 5.32 Å². The minimum Gasteiger partial charge on any atom is -0.403 e. The van der Waals surface area contributed by atoms with Crippen molar-refractivity contribution in [2.45, 2.75) is 35.7 Å². The molecule has 2 aromatic heterocycles. The molecule has 0 radical (unpaired) electrons. The van der Waals surface area contributed by atoms with E-state index in [1.54, 1.807) is 4.68 Å². The Balaban J connectivity index is 1.42. The third-order valence-electron chi connectivity index (χ3n) is 6.34. The first-order valence-electron chi connectivity index (χ1n) is 11.6. The molecular formula is C26H21N5O4S. The first-order chi connectivity index (χ1) is 17.6. The Labute approximate surface area is 210 Å². The molecule has 0 amide bonds. The number of furan rings is 1. The summed E-state index contributed by atoms with van der Waals surface area (Å²) in [4.78, 5) is 28.4. The number of benzene rings is 2. The van der Waals surface area contributed by atoms with Crippen molar-refractivity contribution in [3.63, 3.8) is 0 Å². The maximum Gasteiger partial charge on any atom is 0.433 e. The molecule has 3 heterocycles. The fraction of sp³-hybridized carbons (Fsp3) is 0.192. The van der Waals surface area contributed by atoms with Crippen LogP contribution in [0.15, 0.2) is 93.6 Å². The van der Waals surface area contributed by atoms with Crippen LogP contribution in [0.25, 0.3) is 0 Å². The van der Waals surface area contributed by atoms with Gasteiger partial charge in [-0.2, -0.15) is 4.98 Å². The van der Waals surface area contributed by atoms with Crippen LogP contribution in [0, 0.1) is 10.1 Å². The number of nitrogens with zero attached hydrogens (tertiary/aromatic N) is 4. The topological polar surface area (TPSA) is 116 Å². The summed E-state index contributed by atoms with van der Waals surface area (Å²) in [5.74, 6) is 0.374. The summed E-state index contributed by atoms with van der Waals surface area (Å²) in [5, 5.41) is 19.8. The van der Waals surface area contributed by atoms with Crippen LogP contribution in [0.1, 0.15) is 47.4 Å². The second-order valence-electron chi connectivity index (χ2n) is 8.61. The summed E-state index contributed by atoms with van der Waals surface area (Å²) in [5.41, 5.74) is 3.53. The minimum atomic E-state index is -0.716. The van der Waals surface area contributed by atoms with Gasteiger partial charge in [-0.25, -0.2) is 4.68 Å². The fourth-order valence-electron chi connectivity index (χ4n) is 4.73. The molecule has 1 aliphatic heterocycles. The number of nitro groups is 1. The third kappa shape index (κ3) is 3.99. The summed E-state index contributed by atoms with van der Waals surface area (Å²) >= 11 is 1.50. The standard InChI is InChI=1S/C26H21N5O4S/c32-19-13-7-12-18-22(19)23(20-14-15-21(35-20)31(33)34)30-25(27-18)28-26(29-30)36-24(16-8-3-1-4-9-16)17-10-5-2-6-11-17/h1-6,8-11,14-15,23-24H,7,12-13H2,(H,27,28,29). The van der Waals surface area contributed by atoms with Gasteiger partial charge in [0, 0.05) is 17.7 Å². The number of hydrogen-bond acceptors (Lipinski definition) is 8. The van der Waals surface area contributed by atoms with E-state index in [9.17, 15) is 14.9 Å². The van der Waals surface area contributed by atoms with E-state index in [2.05, 4.69) is 29.6 Å². The van der Waals surface area contributed by atoms with Gasteiger partial charge in [-0.15, -0.1) is 5.10 Å². The maximum atomic E-state index is 13.0. The van der Waals surface area contributed by atoms with Crippen molar-refractivity contribution in [3.05, 3.63) is 111 Å². The zero-order valence-corrected chi connectivity index (χ0v) is 19.9. The number of Topliss-reactive ketones (excluding diaryl/α,β-unsaturated/α-hetero) is 1. The molecule has 10 heteroatoms. The summed E-state index contributed by atoms with van der Waals surface area (Å²) in [6, 6.07) is 22.4. The molecule has 36 heavy (non-hydrogen) atoms. The molecule has 0 spiro atoms. The number of rotatable bonds is 6. The second kappa shape index (κ2) is 9.12. The van der Waals surface area contributed by atoms with Crippen LogP contribution in [0.2, 0.25) is 0 Å². The van der Waals surface area contributed by atoms with Crippen molar-refractivity contribution in [1.29, 1.82) is 0 Å². The predicted octanol–water partition coefficient (Wildman–Crippen LogP) is 5.68. The molecule has 180 valence electrons. The number of carbonyl (C=O) groups is 1. The van der Waals surface area contributed by atoms with Gasteiger partial charge in [0.25, 0.3) is 0 Å². The number of aromatic nitrogens is 3. The van der Waals surface area contributed by atoms with E-state index < -0.39 is 11.0 Å². The minimum absolute atomic E-state index is 0.0189.